The molecule has 7 nitrogen and oxygen atoms in total. The third-order valence-corrected chi connectivity index (χ3v) is 3.31. The summed E-state index contributed by atoms with van der Waals surface area (Å²) in [5.74, 6) is -1.37. The van der Waals surface area contributed by atoms with Gasteiger partial charge in [0, 0.05) is 32.7 Å². The van der Waals surface area contributed by atoms with E-state index in [0.717, 1.165) is 39.3 Å². The van der Waals surface area contributed by atoms with Gasteiger partial charge in [-0.25, -0.2) is 4.79 Å². The van der Waals surface area contributed by atoms with E-state index in [-0.39, 0.29) is 12.6 Å². The molecule has 0 radical (unpaired) electrons. The van der Waals surface area contributed by atoms with Crippen molar-refractivity contribution in [2.45, 2.75) is 19.8 Å². The molecule has 0 aromatic heterocycles. The van der Waals surface area contributed by atoms with Gasteiger partial charge in [0.2, 0.25) is 0 Å². The van der Waals surface area contributed by atoms with Crippen LogP contribution in [0, 0.1) is 5.92 Å². The molecule has 0 saturated carbocycles. The normalized spacial score (nSPS) is 17.4. The van der Waals surface area contributed by atoms with E-state index in [4.69, 9.17) is 9.84 Å². The Hall–Kier alpha value is -1.34. The molecule has 1 aliphatic heterocycles. The Bertz CT molecular complexity index is 306. The van der Waals surface area contributed by atoms with Gasteiger partial charge in [-0.2, -0.15) is 0 Å². The molecule has 1 saturated heterocycles. The van der Waals surface area contributed by atoms with Crippen molar-refractivity contribution in [2.24, 2.45) is 5.92 Å². The minimum Gasteiger partial charge on any atom is -0.481 e. The Balaban J connectivity index is 2.11. The molecule has 1 rings (SSSR count). The summed E-state index contributed by atoms with van der Waals surface area (Å²) in [5.41, 5.74) is 0. The zero-order valence-corrected chi connectivity index (χ0v) is 12.1. The van der Waals surface area contributed by atoms with E-state index in [9.17, 15) is 9.59 Å². The highest BCUT2D eigenvalue weighted by Crippen LogP contribution is 2.04. The zero-order chi connectivity index (χ0) is 14.8. The maximum absolute atomic E-state index is 11.6. The van der Waals surface area contributed by atoms with Crippen molar-refractivity contribution in [3.63, 3.8) is 0 Å². The van der Waals surface area contributed by atoms with Crippen LogP contribution in [0.4, 0.5) is 4.79 Å². The second-order valence-corrected chi connectivity index (χ2v) is 4.91. The third-order valence-electron chi connectivity index (χ3n) is 3.31. The van der Waals surface area contributed by atoms with Gasteiger partial charge in [-0.1, -0.05) is 13.3 Å². The van der Waals surface area contributed by atoms with Crippen molar-refractivity contribution in [2.75, 3.05) is 45.9 Å². The van der Waals surface area contributed by atoms with Crippen LogP contribution in [0.15, 0.2) is 0 Å². The second kappa shape index (κ2) is 9.55. The molecule has 1 unspecified atom stereocenters. The Kier molecular flexibility index (Phi) is 7.98. The molecule has 3 N–H and O–H groups in total. The van der Waals surface area contributed by atoms with Crippen molar-refractivity contribution < 1.29 is 19.4 Å². The van der Waals surface area contributed by atoms with Crippen LogP contribution in [-0.2, 0) is 9.53 Å². The number of nitrogens with one attached hydrogen (secondary N) is 2. The number of ether oxygens (including phenoxy) is 1. The van der Waals surface area contributed by atoms with Crippen LogP contribution >= 0.6 is 0 Å². The molecule has 0 aliphatic carbocycles. The molecule has 2 amide bonds. The van der Waals surface area contributed by atoms with Crippen molar-refractivity contribution >= 4 is 12.0 Å². The lowest BCUT2D eigenvalue weighted by atomic mass is 10.0. The largest absolute Gasteiger partial charge is 0.481 e. The molecule has 1 aliphatic rings. The first kappa shape index (κ1) is 16.7. The number of amides is 2. The molecule has 0 bridgehead atoms. The van der Waals surface area contributed by atoms with Crippen molar-refractivity contribution in [1.82, 2.24) is 15.5 Å². The summed E-state index contributed by atoms with van der Waals surface area (Å²) in [4.78, 5) is 24.7. The lowest BCUT2D eigenvalue weighted by molar-refractivity contribution is -0.141. The highest BCUT2D eigenvalue weighted by Gasteiger charge is 2.17. The van der Waals surface area contributed by atoms with Crippen LogP contribution in [0.2, 0.25) is 0 Å². The van der Waals surface area contributed by atoms with Gasteiger partial charge in [-0.05, 0) is 6.42 Å². The molecule has 20 heavy (non-hydrogen) atoms. The second-order valence-electron chi connectivity index (χ2n) is 4.91. The first-order valence-electron chi connectivity index (χ1n) is 7.18. The smallest absolute Gasteiger partial charge is 0.314 e. The number of carboxylic acid groups (broad SMARTS) is 1. The summed E-state index contributed by atoms with van der Waals surface area (Å²) in [6, 6.07) is -0.305. The van der Waals surface area contributed by atoms with Gasteiger partial charge in [0.1, 0.15) is 0 Å². The maximum Gasteiger partial charge on any atom is 0.314 e. The topological polar surface area (TPSA) is 90.9 Å². The molecule has 1 heterocycles. The van der Waals surface area contributed by atoms with Crippen molar-refractivity contribution in [3.05, 3.63) is 0 Å². The van der Waals surface area contributed by atoms with Crippen LogP contribution in [0.25, 0.3) is 0 Å². The van der Waals surface area contributed by atoms with Crippen LogP contribution in [0.1, 0.15) is 19.8 Å². The lowest BCUT2D eigenvalue weighted by Crippen LogP contribution is -2.45. The highest BCUT2D eigenvalue weighted by atomic mass is 16.5. The summed E-state index contributed by atoms with van der Waals surface area (Å²) in [5, 5.41) is 14.3. The van der Waals surface area contributed by atoms with Crippen LogP contribution in [0.5, 0.6) is 0 Å². The summed E-state index contributed by atoms with van der Waals surface area (Å²) in [6.07, 6.45) is 1.36. The molecule has 1 atom stereocenters. The van der Waals surface area contributed by atoms with Crippen molar-refractivity contribution in [3.8, 4) is 0 Å². The predicted octanol–water partition coefficient (Wildman–Crippen LogP) is 0.119. The number of rotatable bonds is 8. The van der Waals surface area contributed by atoms with Gasteiger partial charge in [-0.15, -0.1) is 0 Å². The first-order valence-corrected chi connectivity index (χ1v) is 7.18. The SMILES string of the molecule is CCCC(CNC(=O)NCCN1CCOCC1)C(=O)O. The number of hydrogen-bond acceptors (Lipinski definition) is 4. The van der Waals surface area contributed by atoms with E-state index < -0.39 is 11.9 Å². The monoisotopic (exact) mass is 287 g/mol. The molecule has 7 heteroatoms. The molecule has 0 aromatic rings. The fraction of sp³-hybridized carbons (Fsp3) is 0.846. The van der Waals surface area contributed by atoms with Gasteiger partial charge in [0.05, 0.1) is 19.1 Å². The average Bonchev–Trinajstić information content (AvgIpc) is 2.44. The number of nitrogens with zero attached hydrogens (tertiary/aromatic N) is 1. The quantitative estimate of drug-likeness (QED) is 0.590. The van der Waals surface area contributed by atoms with Crippen LogP contribution < -0.4 is 10.6 Å². The first-order chi connectivity index (χ1) is 9.63. The Morgan fingerprint density at radius 1 is 1.30 bits per heavy atom. The van der Waals surface area contributed by atoms with E-state index in [1.54, 1.807) is 0 Å². The number of aliphatic carboxylic acids is 1. The summed E-state index contributed by atoms with van der Waals surface area (Å²) >= 11 is 0. The Morgan fingerprint density at radius 2 is 2.00 bits per heavy atom. The minimum atomic E-state index is -0.861. The average molecular weight is 287 g/mol. The van der Waals surface area contributed by atoms with Gasteiger partial charge in [0.25, 0.3) is 0 Å². The Labute approximate surface area is 119 Å². The summed E-state index contributed by atoms with van der Waals surface area (Å²) in [6.45, 7) is 6.70. The number of carboxylic acids is 1. The van der Waals surface area contributed by atoms with E-state index in [1.165, 1.54) is 0 Å². The van der Waals surface area contributed by atoms with Gasteiger partial charge in [-0.3, -0.25) is 9.69 Å². The highest BCUT2D eigenvalue weighted by molar-refractivity contribution is 5.75. The Morgan fingerprint density at radius 3 is 2.60 bits per heavy atom. The number of morpholine rings is 1. The van der Waals surface area contributed by atoms with E-state index in [1.807, 2.05) is 6.92 Å². The molecule has 1 fully saturated rings. The number of carbonyl (C=O) groups is 2. The lowest BCUT2D eigenvalue weighted by Gasteiger charge is -2.26. The molecule has 116 valence electrons. The van der Waals surface area contributed by atoms with Crippen LogP contribution in [0.3, 0.4) is 0 Å². The standard InChI is InChI=1S/C13H25N3O4/c1-2-3-11(12(17)18)10-15-13(19)14-4-5-16-6-8-20-9-7-16/h11H,2-10H2,1H3,(H,17,18)(H2,14,15,19). The number of carbonyl (C=O) groups excluding carboxylic acids is 1. The number of hydrogen-bond donors (Lipinski definition) is 3. The fourth-order valence-electron chi connectivity index (χ4n) is 2.09. The van der Waals surface area contributed by atoms with Gasteiger partial charge < -0.3 is 20.5 Å². The summed E-state index contributed by atoms with van der Waals surface area (Å²) in [7, 11) is 0. The molecule has 0 spiro atoms. The zero-order valence-electron chi connectivity index (χ0n) is 12.1. The maximum atomic E-state index is 11.6. The molecular formula is C13H25N3O4. The van der Waals surface area contributed by atoms with Gasteiger partial charge in [0.15, 0.2) is 0 Å². The van der Waals surface area contributed by atoms with Gasteiger partial charge >= 0.3 is 12.0 Å². The van der Waals surface area contributed by atoms with Crippen LogP contribution in [-0.4, -0.2) is 67.9 Å². The fourth-order valence-corrected chi connectivity index (χ4v) is 2.09. The molecule has 0 aromatic carbocycles. The summed E-state index contributed by atoms with van der Waals surface area (Å²) < 4.78 is 5.24. The predicted molar refractivity (Wildman–Crippen MR) is 74.7 cm³/mol. The van der Waals surface area contributed by atoms with E-state index in [0.29, 0.717) is 13.0 Å². The van der Waals surface area contributed by atoms with Crippen molar-refractivity contribution in [1.29, 1.82) is 0 Å². The minimum absolute atomic E-state index is 0.173. The molecular weight excluding hydrogens is 262 g/mol. The van der Waals surface area contributed by atoms with E-state index >= 15 is 0 Å². The third kappa shape index (κ3) is 6.72. The van der Waals surface area contributed by atoms with E-state index in [2.05, 4.69) is 15.5 Å². The number of urea groups is 1.